The van der Waals surface area contributed by atoms with Gasteiger partial charge in [0, 0.05) is 23.9 Å². The van der Waals surface area contributed by atoms with Gasteiger partial charge in [-0.15, -0.1) is 0 Å². The Morgan fingerprint density at radius 2 is 1.85 bits per heavy atom. The second-order valence-corrected chi connectivity index (χ2v) is 4.87. The van der Waals surface area contributed by atoms with Crippen molar-refractivity contribution in [3.63, 3.8) is 0 Å². The Labute approximate surface area is 118 Å². The van der Waals surface area contributed by atoms with E-state index in [9.17, 15) is 9.59 Å². The summed E-state index contributed by atoms with van der Waals surface area (Å²) in [7, 11) is 1.36. The number of esters is 1. The number of Topliss-reactive ketones (excluding diaryl/α,β-unsaturated/α-hetero) is 1. The highest BCUT2D eigenvalue weighted by atomic mass is 16.5. The normalized spacial score (nSPS) is 17.6. The Hall–Kier alpha value is -2.10. The van der Waals surface area contributed by atoms with E-state index in [2.05, 4.69) is 10.1 Å². The molecule has 0 aromatic heterocycles. The molecule has 4 heteroatoms. The summed E-state index contributed by atoms with van der Waals surface area (Å²) in [6.45, 7) is 0. The van der Waals surface area contributed by atoms with Gasteiger partial charge in [0.05, 0.1) is 12.7 Å². The Balaban J connectivity index is 2.02. The van der Waals surface area contributed by atoms with Crippen molar-refractivity contribution in [2.24, 2.45) is 0 Å². The van der Waals surface area contributed by atoms with Crippen LogP contribution in [0.3, 0.4) is 0 Å². The van der Waals surface area contributed by atoms with Crippen molar-refractivity contribution in [1.82, 2.24) is 0 Å². The van der Waals surface area contributed by atoms with Crippen molar-refractivity contribution in [3.05, 3.63) is 41.6 Å². The predicted molar refractivity (Wildman–Crippen MR) is 77.6 cm³/mol. The lowest BCUT2D eigenvalue weighted by Crippen LogP contribution is -2.03. The molecule has 0 saturated heterocycles. The number of carbonyl (C=O) groups excluding carboxylic acids is 2. The van der Waals surface area contributed by atoms with Gasteiger partial charge in [-0.3, -0.25) is 4.79 Å². The smallest absolute Gasteiger partial charge is 0.337 e. The molecule has 0 unspecified atom stereocenters. The van der Waals surface area contributed by atoms with Crippen LogP contribution < -0.4 is 5.32 Å². The van der Waals surface area contributed by atoms with Crippen molar-refractivity contribution in [2.45, 2.75) is 32.1 Å². The molecule has 0 radical (unpaired) electrons. The predicted octanol–water partition coefficient (Wildman–Crippen LogP) is 3.30. The highest BCUT2D eigenvalue weighted by molar-refractivity contribution is 5.95. The highest BCUT2D eigenvalue weighted by Gasteiger charge is 2.13. The summed E-state index contributed by atoms with van der Waals surface area (Å²) in [5, 5.41) is 3.12. The molecule has 20 heavy (non-hydrogen) atoms. The minimum atomic E-state index is -0.353. The third-order valence-corrected chi connectivity index (χ3v) is 3.43. The molecule has 106 valence electrons. The average molecular weight is 273 g/mol. The SMILES string of the molecule is COC(=O)c1ccc(NC=C2CCCCCC2=O)cc1. The van der Waals surface area contributed by atoms with E-state index >= 15 is 0 Å². The molecule has 0 atom stereocenters. The summed E-state index contributed by atoms with van der Waals surface area (Å²) in [4.78, 5) is 23.2. The van der Waals surface area contributed by atoms with Crippen LogP contribution >= 0.6 is 0 Å². The summed E-state index contributed by atoms with van der Waals surface area (Å²) in [5.74, 6) is -0.116. The van der Waals surface area contributed by atoms with Crippen molar-refractivity contribution in [3.8, 4) is 0 Å². The molecule has 0 spiro atoms. The van der Waals surface area contributed by atoms with E-state index in [0.717, 1.165) is 36.9 Å². The molecule has 0 amide bonds. The van der Waals surface area contributed by atoms with Crippen LogP contribution in [0.25, 0.3) is 0 Å². The van der Waals surface area contributed by atoms with Gasteiger partial charge < -0.3 is 10.1 Å². The first-order valence-corrected chi connectivity index (χ1v) is 6.88. The molecule has 1 aliphatic rings. The van der Waals surface area contributed by atoms with Crippen LogP contribution in [0.1, 0.15) is 42.5 Å². The third-order valence-electron chi connectivity index (χ3n) is 3.43. The molecule has 1 fully saturated rings. The quantitative estimate of drug-likeness (QED) is 0.521. The number of methoxy groups -OCH3 is 1. The summed E-state index contributed by atoms with van der Waals surface area (Å²) in [6, 6.07) is 6.98. The zero-order valence-corrected chi connectivity index (χ0v) is 11.6. The van der Waals surface area contributed by atoms with Crippen LogP contribution in [0.2, 0.25) is 0 Å². The van der Waals surface area contributed by atoms with Crippen LogP contribution in [0, 0.1) is 0 Å². The minimum absolute atomic E-state index is 0.237. The lowest BCUT2D eigenvalue weighted by atomic mass is 10.1. The van der Waals surface area contributed by atoms with Gasteiger partial charge in [0.15, 0.2) is 5.78 Å². The largest absolute Gasteiger partial charge is 0.465 e. The number of hydrogen-bond acceptors (Lipinski definition) is 4. The Bertz CT molecular complexity index is 517. The zero-order chi connectivity index (χ0) is 14.4. The molecule has 2 rings (SSSR count). The number of nitrogens with one attached hydrogen (secondary N) is 1. The molecular formula is C16H19NO3. The number of benzene rings is 1. The number of carbonyl (C=O) groups is 2. The Morgan fingerprint density at radius 3 is 2.55 bits per heavy atom. The molecular weight excluding hydrogens is 254 g/mol. The molecule has 0 heterocycles. The molecule has 0 bridgehead atoms. The van der Waals surface area contributed by atoms with Gasteiger partial charge in [0.1, 0.15) is 0 Å². The van der Waals surface area contributed by atoms with Gasteiger partial charge in [0.25, 0.3) is 0 Å². The van der Waals surface area contributed by atoms with Gasteiger partial charge in [-0.05, 0) is 43.5 Å². The zero-order valence-electron chi connectivity index (χ0n) is 11.6. The van der Waals surface area contributed by atoms with Crippen LogP contribution in [0.15, 0.2) is 36.0 Å². The van der Waals surface area contributed by atoms with Crippen LogP contribution in [-0.4, -0.2) is 18.9 Å². The fraction of sp³-hybridized carbons (Fsp3) is 0.375. The standard InChI is InChI=1S/C16H19NO3/c1-20-16(19)12-7-9-14(10-8-12)17-11-13-5-3-2-4-6-15(13)18/h7-11,17H,2-6H2,1H3. The van der Waals surface area contributed by atoms with Gasteiger partial charge in [-0.2, -0.15) is 0 Å². The first kappa shape index (κ1) is 14.3. The molecule has 1 aliphatic carbocycles. The maximum Gasteiger partial charge on any atom is 0.337 e. The van der Waals surface area contributed by atoms with Gasteiger partial charge >= 0.3 is 5.97 Å². The maximum absolute atomic E-state index is 11.8. The monoisotopic (exact) mass is 273 g/mol. The molecule has 1 aromatic carbocycles. The van der Waals surface area contributed by atoms with Crippen molar-refractivity contribution in [1.29, 1.82) is 0 Å². The fourth-order valence-corrected chi connectivity index (χ4v) is 2.22. The fourth-order valence-electron chi connectivity index (χ4n) is 2.22. The second-order valence-electron chi connectivity index (χ2n) is 4.87. The molecule has 1 saturated carbocycles. The number of allylic oxidation sites excluding steroid dienone is 1. The number of ether oxygens (including phenoxy) is 1. The van der Waals surface area contributed by atoms with Crippen molar-refractivity contribution >= 4 is 17.4 Å². The van der Waals surface area contributed by atoms with Gasteiger partial charge in [-0.25, -0.2) is 4.79 Å². The van der Waals surface area contributed by atoms with E-state index in [1.54, 1.807) is 30.5 Å². The Morgan fingerprint density at radius 1 is 1.15 bits per heavy atom. The highest BCUT2D eigenvalue weighted by Crippen LogP contribution is 2.19. The first-order valence-electron chi connectivity index (χ1n) is 6.88. The third kappa shape index (κ3) is 3.70. The van der Waals surface area contributed by atoms with Gasteiger partial charge in [0.2, 0.25) is 0 Å². The minimum Gasteiger partial charge on any atom is -0.465 e. The van der Waals surface area contributed by atoms with E-state index in [4.69, 9.17) is 0 Å². The molecule has 1 N–H and O–H groups in total. The van der Waals surface area contributed by atoms with E-state index in [1.165, 1.54) is 7.11 Å². The summed E-state index contributed by atoms with van der Waals surface area (Å²) < 4.78 is 4.64. The summed E-state index contributed by atoms with van der Waals surface area (Å²) in [5.41, 5.74) is 2.22. The summed E-state index contributed by atoms with van der Waals surface area (Å²) in [6.07, 6.45) is 6.46. The van der Waals surface area contributed by atoms with Crippen LogP contribution in [0.5, 0.6) is 0 Å². The molecule has 0 aliphatic heterocycles. The van der Waals surface area contributed by atoms with Gasteiger partial charge in [-0.1, -0.05) is 6.42 Å². The van der Waals surface area contributed by atoms with Crippen LogP contribution in [-0.2, 0) is 9.53 Å². The number of rotatable bonds is 3. The number of ketones is 1. The van der Waals surface area contributed by atoms with Crippen molar-refractivity contribution in [2.75, 3.05) is 12.4 Å². The lowest BCUT2D eigenvalue weighted by Gasteiger charge is -2.05. The van der Waals surface area contributed by atoms with E-state index < -0.39 is 0 Å². The molecule has 4 nitrogen and oxygen atoms in total. The number of hydrogen-bond donors (Lipinski definition) is 1. The average Bonchev–Trinajstić information content (AvgIpc) is 2.69. The van der Waals surface area contributed by atoms with E-state index in [0.29, 0.717) is 12.0 Å². The van der Waals surface area contributed by atoms with E-state index in [1.807, 2.05) is 0 Å². The van der Waals surface area contributed by atoms with Crippen LogP contribution in [0.4, 0.5) is 5.69 Å². The van der Waals surface area contributed by atoms with Crippen molar-refractivity contribution < 1.29 is 14.3 Å². The Kier molecular flexibility index (Phi) is 4.93. The maximum atomic E-state index is 11.8. The second kappa shape index (κ2) is 6.89. The molecule has 1 aromatic rings. The first-order chi connectivity index (χ1) is 9.70. The van der Waals surface area contributed by atoms with E-state index in [-0.39, 0.29) is 11.8 Å². The summed E-state index contributed by atoms with van der Waals surface area (Å²) >= 11 is 0. The number of anilines is 1. The topological polar surface area (TPSA) is 55.4 Å². The lowest BCUT2D eigenvalue weighted by molar-refractivity contribution is -0.115.